The minimum atomic E-state index is -4.74. The van der Waals surface area contributed by atoms with Gasteiger partial charge in [-0.25, -0.2) is 4.57 Å². The van der Waals surface area contributed by atoms with Crippen molar-refractivity contribution in [1.29, 1.82) is 0 Å². The van der Waals surface area contributed by atoms with E-state index in [-0.39, 0.29) is 19.4 Å². The lowest BCUT2D eigenvalue weighted by molar-refractivity contribution is -0.161. The molecule has 11 nitrogen and oxygen atoms in total. The van der Waals surface area contributed by atoms with Gasteiger partial charge >= 0.3 is 25.7 Å². The fourth-order valence-corrected chi connectivity index (χ4v) is 6.98. The summed E-state index contributed by atoms with van der Waals surface area (Å²) in [5.74, 6) is -2.44. The van der Waals surface area contributed by atoms with E-state index in [1.54, 1.807) is 0 Å². The molecule has 0 aliphatic rings. The van der Waals surface area contributed by atoms with Crippen molar-refractivity contribution in [1.82, 2.24) is 0 Å². The Bertz CT molecular complexity index is 1530. The van der Waals surface area contributed by atoms with Gasteiger partial charge in [0.05, 0.1) is 13.2 Å². The summed E-state index contributed by atoms with van der Waals surface area (Å²) in [6.07, 6.45) is 62.9. The van der Waals surface area contributed by atoms with E-state index >= 15 is 0 Å². The number of carboxylic acid groups (broad SMARTS) is 1. The first-order valence-corrected chi connectivity index (χ1v) is 26.4. The number of carboxylic acids is 1. The molecular weight excluding hydrogens is 854 g/mol. The number of nitrogens with two attached hydrogens (primary N) is 1. The number of carbonyl (C=O) groups excluding carboxylic acids is 2. The van der Waals surface area contributed by atoms with Gasteiger partial charge in [-0.1, -0.05) is 181 Å². The third kappa shape index (κ3) is 46.7. The van der Waals surface area contributed by atoms with Crippen molar-refractivity contribution in [2.45, 2.75) is 193 Å². The number of phosphoric ester groups is 1. The fraction of sp³-hybridized carbons (Fsp3) is 0.611. The number of unbranched alkanes of at least 4 members (excludes halogenated alkanes) is 13. The summed E-state index contributed by atoms with van der Waals surface area (Å²) in [6.45, 7) is 2.54. The zero-order valence-corrected chi connectivity index (χ0v) is 41.6. The Hall–Kier alpha value is -3.86. The van der Waals surface area contributed by atoms with Crippen LogP contribution in [0.4, 0.5) is 0 Å². The van der Waals surface area contributed by atoms with Crippen LogP contribution in [0.25, 0.3) is 0 Å². The Kier molecular flexibility index (Phi) is 44.8. The number of phosphoric acid groups is 1. The monoisotopic (exact) mass is 942 g/mol. The molecule has 0 saturated carbocycles. The summed E-state index contributed by atoms with van der Waals surface area (Å²) in [5, 5.41) is 8.92. The molecule has 0 heterocycles. The minimum absolute atomic E-state index is 0.115. The Balaban J connectivity index is 4.34. The molecule has 3 atom stereocenters. The highest BCUT2D eigenvalue weighted by atomic mass is 31.2. The maximum Gasteiger partial charge on any atom is 0.472 e. The van der Waals surface area contributed by atoms with Crippen molar-refractivity contribution < 1.29 is 47.5 Å². The first-order chi connectivity index (χ1) is 32.1. The van der Waals surface area contributed by atoms with Gasteiger partial charge in [0.2, 0.25) is 0 Å². The number of allylic oxidation sites excluding steroid dienone is 18. The average Bonchev–Trinajstić information content (AvgIpc) is 3.30. The lowest BCUT2D eigenvalue weighted by Gasteiger charge is -2.20. The fourth-order valence-electron chi connectivity index (χ4n) is 6.20. The van der Waals surface area contributed by atoms with E-state index in [0.717, 1.165) is 103 Å². The van der Waals surface area contributed by atoms with Crippen LogP contribution in [0.15, 0.2) is 109 Å². The van der Waals surface area contributed by atoms with Crippen LogP contribution in [0.2, 0.25) is 0 Å². The van der Waals surface area contributed by atoms with Crippen LogP contribution in [0, 0.1) is 0 Å². The van der Waals surface area contributed by atoms with Crippen LogP contribution in [-0.2, 0) is 37.5 Å². The van der Waals surface area contributed by atoms with E-state index in [1.165, 1.54) is 38.5 Å². The topological polar surface area (TPSA) is 172 Å². The highest BCUT2D eigenvalue weighted by molar-refractivity contribution is 7.47. The second kappa shape index (κ2) is 47.6. The quantitative estimate of drug-likeness (QED) is 0.0230. The van der Waals surface area contributed by atoms with Crippen LogP contribution < -0.4 is 5.73 Å². The molecule has 0 saturated heterocycles. The van der Waals surface area contributed by atoms with E-state index in [4.69, 9.17) is 24.8 Å². The molecule has 0 aromatic carbocycles. The number of rotatable bonds is 45. The third-order valence-corrected chi connectivity index (χ3v) is 11.0. The van der Waals surface area contributed by atoms with Gasteiger partial charge in [-0.05, 0) is 96.3 Å². The summed E-state index contributed by atoms with van der Waals surface area (Å²) in [6, 6.07) is -1.53. The zero-order chi connectivity index (χ0) is 48.4. The predicted octanol–water partition coefficient (Wildman–Crippen LogP) is 14.2. The molecule has 0 aliphatic carbocycles. The van der Waals surface area contributed by atoms with Gasteiger partial charge in [-0.15, -0.1) is 0 Å². The van der Waals surface area contributed by atoms with Crippen molar-refractivity contribution >= 4 is 25.7 Å². The van der Waals surface area contributed by atoms with Gasteiger partial charge in [0.15, 0.2) is 6.10 Å². The molecule has 4 N–H and O–H groups in total. The highest BCUT2D eigenvalue weighted by Crippen LogP contribution is 2.43. The summed E-state index contributed by atoms with van der Waals surface area (Å²) in [4.78, 5) is 46.2. The lowest BCUT2D eigenvalue weighted by Crippen LogP contribution is -2.34. The van der Waals surface area contributed by atoms with E-state index in [0.29, 0.717) is 12.8 Å². The second-order valence-corrected chi connectivity index (χ2v) is 17.6. The molecule has 0 amide bonds. The molecule has 3 unspecified atom stereocenters. The summed E-state index contributed by atoms with van der Waals surface area (Å²) in [7, 11) is -4.74. The van der Waals surface area contributed by atoms with E-state index in [1.807, 2.05) is 0 Å². The normalized spacial score (nSPS) is 14.5. The van der Waals surface area contributed by atoms with Crippen LogP contribution >= 0.6 is 7.82 Å². The van der Waals surface area contributed by atoms with Crippen molar-refractivity contribution in [3.8, 4) is 0 Å². The molecule has 0 spiro atoms. The second-order valence-electron chi connectivity index (χ2n) is 16.2. The molecule has 0 aromatic rings. The summed E-state index contributed by atoms with van der Waals surface area (Å²) in [5.41, 5.74) is 5.35. The maximum absolute atomic E-state index is 12.7. The molecule has 0 aromatic heterocycles. The van der Waals surface area contributed by atoms with Crippen molar-refractivity contribution in [2.75, 3.05) is 19.8 Å². The van der Waals surface area contributed by atoms with Gasteiger partial charge < -0.3 is 25.2 Å². The lowest BCUT2D eigenvalue weighted by atomic mass is 10.1. The number of aliphatic carboxylic acids is 1. The molecular formula is C54H88NO10P. The largest absolute Gasteiger partial charge is 0.480 e. The molecule has 0 aliphatic heterocycles. The highest BCUT2D eigenvalue weighted by Gasteiger charge is 2.28. The van der Waals surface area contributed by atoms with Crippen LogP contribution in [0.5, 0.6) is 0 Å². The van der Waals surface area contributed by atoms with Crippen LogP contribution in [0.1, 0.15) is 181 Å². The molecule has 0 rings (SSSR count). The van der Waals surface area contributed by atoms with Crippen molar-refractivity contribution in [2.24, 2.45) is 5.73 Å². The molecule has 66 heavy (non-hydrogen) atoms. The molecule has 374 valence electrons. The van der Waals surface area contributed by atoms with Crippen LogP contribution in [-0.4, -0.2) is 59.9 Å². The first kappa shape index (κ1) is 62.1. The van der Waals surface area contributed by atoms with Gasteiger partial charge in [0.25, 0.3) is 0 Å². The molecule has 0 fully saturated rings. The molecule has 0 radical (unpaired) electrons. The number of ether oxygens (including phenoxy) is 2. The first-order valence-electron chi connectivity index (χ1n) is 24.9. The van der Waals surface area contributed by atoms with E-state index < -0.39 is 51.1 Å². The Morgan fingerprint density at radius 2 is 0.803 bits per heavy atom. The van der Waals surface area contributed by atoms with Gasteiger partial charge in [0, 0.05) is 12.8 Å². The van der Waals surface area contributed by atoms with E-state index in [9.17, 15) is 23.8 Å². The van der Waals surface area contributed by atoms with Gasteiger partial charge in [-0.3, -0.25) is 23.4 Å². The number of esters is 2. The number of carbonyl (C=O) groups is 3. The average molecular weight is 942 g/mol. The third-order valence-electron chi connectivity index (χ3n) is 10.0. The van der Waals surface area contributed by atoms with E-state index in [2.05, 4.69) is 128 Å². The SMILES string of the molecule is CC/C=C\C/C=C\C/C=C\C/C=C\C/C=C\CCCCCC(=O)OC(COC(=O)CCCCCCCCCCCC/C=C\C/C=C\C/C=C\C/C=C\CC)COP(=O)(O)OCC(N)C(=O)O. The Morgan fingerprint density at radius 3 is 1.21 bits per heavy atom. The summed E-state index contributed by atoms with van der Waals surface area (Å²) < 4.78 is 32.8. The molecule has 0 bridgehead atoms. The van der Waals surface area contributed by atoms with Crippen molar-refractivity contribution in [3.63, 3.8) is 0 Å². The smallest absolute Gasteiger partial charge is 0.472 e. The molecule has 12 heteroatoms. The number of hydrogen-bond acceptors (Lipinski definition) is 9. The van der Waals surface area contributed by atoms with Crippen molar-refractivity contribution in [3.05, 3.63) is 109 Å². The standard InChI is InChI=1S/C54H88NO10P/c1-3-5-7-9-11-13-15-17-19-21-23-24-25-26-28-29-31-33-35-37-39-41-43-45-52(56)62-47-50(48-63-66(60,61)64-49-51(55)54(58)59)65-53(57)46-44-42-40-38-36-34-32-30-27-22-20-18-16-14-12-10-8-6-4-2/h5-8,11-14,17-20,23-24,27,30,34,36,50-51H,3-4,9-10,15-16,21-22,25-26,28-29,31-33,35,37-49,55H2,1-2H3,(H,58,59)(H,60,61)/b7-5-,8-6-,13-11-,14-12-,19-17-,20-18-,24-23-,30-27-,36-34-. The minimum Gasteiger partial charge on any atom is -0.480 e. The van der Waals surface area contributed by atoms with Gasteiger partial charge in [0.1, 0.15) is 12.6 Å². The van der Waals surface area contributed by atoms with Crippen LogP contribution in [0.3, 0.4) is 0 Å². The van der Waals surface area contributed by atoms with Gasteiger partial charge in [-0.2, -0.15) is 0 Å². The summed E-state index contributed by atoms with van der Waals surface area (Å²) >= 11 is 0. The Labute approximate surface area is 399 Å². The number of hydrogen-bond donors (Lipinski definition) is 3. The Morgan fingerprint density at radius 1 is 0.470 bits per heavy atom. The predicted molar refractivity (Wildman–Crippen MR) is 272 cm³/mol. The zero-order valence-electron chi connectivity index (χ0n) is 40.7. The maximum atomic E-state index is 12.7.